The van der Waals surface area contributed by atoms with Crippen LogP contribution in [0.3, 0.4) is 0 Å². The van der Waals surface area contributed by atoms with Gasteiger partial charge in [-0.1, -0.05) is 28.1 Å². The molecule has 1 aromatic rings. The van der Waals surface area contributed by atoms with Crippen LogP contribution in [0.5, 0.6) is 0 Å². The van der Waals surface area contributed by atoms with Crippen LogP contribution in [-0.2, 0) is 0 Å². The summed E-state index contributed by atoms with van der Waals surface area (Å²) in [7, 11) is 0. The minimum absolute atomic E-state index is 0.139. The Bertz CT molecular complexity index is 437. The minimum Gasteiger partial charge on any atom is -0.339 e. The molecule has 0 atom stereocenters. The number of nitro groups is 1. The summed E-state index contributed by atoms with van der Waals surface area (Å²) in [5, 5.41) is 11.7. The molecule has 18 heavy (non-hydrogen) atoms. The first-order chi connectivity index (χ1) is 8.61. The maximum absolute atomic E-state index is 12.2. The molecule has 5 nitrogen and oxygen atoms in total. The van der Waals surface area contributed by atoms with Crippen molar-refractivity contribution in [1.82, 2.24) is 4.90 Å². The maximum Gasteiger partial charge on any atom is 0.282 e. The average Bonchev–Trinajstić information content (AvgIpc) is 2.39. The number of hydrogen-bond donors (Lipinski definition) is 0. The number of hydrogen-bond acceptors (Lipinski definition) is 3. The molecule has 0 bridgehead atoms. The van der Waals surface area contributed by atoms with Crippen molar-refractivity contribution < 1.29 is 9.72 Å². The van der Waals surface area contributed by atoms with Crippen molar-refractivity contribution in [2.75, 3.05) is 18.4 Å². The first kappa shape index (κ1) is 14.6. The van der Waals surface area contributed by atoms with Crippen molar-refractivity contribution in [3.8, 4) is 0 Å². The van der Waals surface area contributed by atoms with E-state index in [1.54, 1.807) is 17.0 Å². The van der Waals surface area contributed by atoms with E-state index in [0.717, 1.165) is 11.8 Å². The Morgan fingerprint density at radius 3 is 2.67 bits per heavy atom. The number of rotatable bonds is 6. The van der Waals surface area contributed by atoms with Crippen LogP contribution < -0.4 is 0 Å². The zero-order chi connectivity index (χ0) is 13.5. The van der Waals surface area contributed by atoms with Gasteiger partial charge in [-0.25, -0.2) is 0 Å². The van der Waals surface area contributed by atoms with E-state index in [1.807, 2.05) is 6.92 Å². The number of carbonyl (C=O) groups is 1. The summed E-state index contributed by atoms with van der Waals surface area (Å²) in [4.78, 5) is 24.2. The normalized spacial score (nSPS) is 10.1. The number of benzene rings is 1. The first-order valence-electron chi connectivity index (χ1n) is 5.70. The molecule has 0 aliphatic carbocycles. The highest BCUT2D eigenvalue weighted by atomic mass is 79.9. The fraction of sp³-hybridized carbons (Fsp3) is 0.417. The lowest BCUT2D eigenvalue weighted by molar-refractivity contribution is -0.385. The Morgan fingerprint density at radius 2 is 2.11 bits per heavy atom. The lowest BCUT2D eigenvalue weighted by Gasteiger charge is -2.20. The van der Waals surface area contributed by atoms with Gasteiger partial charge in [-0.05, 0) is 19.4 Å². The lowest BCUT2D eigenvalue weighted by Crippen LogP contribution is -2.32. The van der Waals surface area contributed by atoms with E-state index in [9.17, 15) is 14.9 Å². The van der Waals surface area contributed by atoms with Crippen LogP contribution in [0.2, 0.25) is 0 Å². The summed E-state index contributed by atoms with van der Waals surface area (Å²) >= 11 is 3.30. The van der Waals surface area contributed by atoms with Gasteiger partial charge in [0.05, 0.1) is 4.92 Å². The van der Waals surface area contributed by atoms with Crippen molar-refractivity contribution in [2.24, 2.45) is 0 Å². The number of nitrogens with zero attached hydrogens (tertiary/aromatic N) is 2. The van der Waals surface area contributed by atoms with E-state index in [0.29, 0.717) is 13.1 Å². The number of para-hydroxylation sites is 1. The molecule has 0 N–H and O–H groups in total. The monoisotopic (exact) mass is 314 g/mol. The molecule has 0 aliphatic heterocycles. The fourth-order valence-electron chi connectivity index (χ4n) is 1.64. The molecule has 0 unspecified atom stereocenters. The number of alkyl halides is 1. The molecule has 0 saturated heterocycles. The average molecular weight is 315 g/mol. The van der Waals surface area contributed by atoms with E-state index in [2.05, 4.69) is 15.9 Å². The second-order valence-corrected chi connectivity index (χ2v) is 4.49. The van der Waals surface area contributed by atoms with Gasteiger partial charge in [-0.15, -0.1) is 0 Å². The van der Waals surface area contributed by atoms with Crippen LogP contribution in [0, 0.1) is 10.1 Å². The Labute approximate surface area is 114 Å². The molecule has 1 aromatic carbocycles. The molecule has 0 aliphatic rings. The zero-order valence-corrected chi connectivity index (χ0v) is 11.7. The second kappa shape index (κ2) is 7.10. The van der Waals surface area contributed by atoms with Gasteiger partial charge in [0.2, 0.25) is 0 Å². The van der Waals surface area contributed by atoms with Crippen LogP contribution in [0.15, 0.2) is 24.3 Å². The van der Waals surface area contributed by atoms with Gasteiger partial charge in [0.25, 0.3) is 11.6 Å². The van der Waals surface area contributed by atoms with Gasteiger partial charge in [0.15, 0.2) is 0 Å². The van der Waals surface area contributed by atoms with E-state index < -0.39 is 4.92 Å². The molecule has 0 saturated carbocycles. The third kappa shape index (κ3) is 3.53. The van der Waals surface area contributed by atoms with E-state index >= 15 is 0 Å². The first-order valence-corrected chi connectivity index (χ1v) is 6.82. The Kier molecular flexibility index (Phi) is 5.77. The largest absolute Gasteiger partial charge is 0.339 e. The second-order valence-electron chi connectivity index (χ2n) is 3.70. The standard InChI is InChI=1S/C12H15BrN2O3/c1-2-14(9-5-8-13)12(16)10-6-3-4-7-11(10)15(17)18/h3-4,6-7H,2,5,8-9H2,1H3. The third-order valence-electron chi connectivity index (χ3n) is 2.56. The van der Waals surface area contributed by atoms with Gasteiger partial charge in [-0.3, -0.25) is 14.9 Å². The molecule has 0 radical (unpaired) electrons. The molecular weight excluding hydrogens is 300 g/mol. The third-order valence-corrected chi connectivity index (χ3v) is 3.12. The van der Waals surface area contributed by atoms with Crippen LogP contribution in [0.4, 0.5) is 5.69 Å². The highest BCUT2D eigenvalue weighted by molar-refractivity contribution is 9.09. The van der Waals surface area contributed by atoms with Gasteiger partial charge in [0.1, 0.15) is 5.56 Å². The summed E-state index contributed by atoms with van der Waals surface area (Å²) in [5.74, 6) is -0.286. The van der Waals surface area contributed by atoms with E-state index in [-0.39, 0.29) is 17.2 Å². The van der Waals surface area contributed by atoms with Crippen LogP contribution >= 0.6 is 15.9 Å². The summed E-state index contributed by atoms with van der Waals surface area (Å²) in [6, 6.07) is 6.05. The van der Waals surface area contributed by atoms with Crippen LogP contribution in [-0.4, -0.2) is 34.2 Å². The quantitative estimate of drug-likeness (QED) is 0.461. The smallest absolute Gasteiger partial charge is 0.282 e. The van der Waals surface area contributed by atoms with Gasteiger partial charge < -0.3 is 4.90 Å². The predicted molar refractivity (Wildman–Crippen MR) is 73.1 cm³/mol. The summed E-state index contributed by atoms with van der Waals surface area (Å²) < 4.78 is 0. The fourth-order valence-corrected chi connectivity index (χ4v) is 1.89. The van der Waals surface area contributed by atoms with Crippen molar-refractivity contribution in [3.63, 3.8) is 0 Å². The molecule has 0 fully saturated rings. The topological polar surface area (TPSA) is 63.5 Å². The Morgan fingerprint density at radius 1 is 1.44 bits per heavy atom. The van der Waals surface area contributed by atoms with Crippen LogP contribution in [0.1, 0.15) is 23.7 Å². The zero-order valence-electron chi connectivity index (χ0n) is 10.1. The Hall–Kier alpha value is -1.43. The van der Waals surface area contributed by atoms with Crippen LogP contribution in [0.25, 0.3) is 0 Å². The summed E-state index contributed by atoms with van der Waals surface area (Å²) in [6.07, 6.45) is 0.820. The highest BCUT2D eigenvalue weighted by Crippen LogP contribution is 2.19. The molecule has 1 amide bonds. The molecule has 0 spiro atoms. The van der Waals surface area contributed by atoms with E-state index in [4.69, 9.17) is 0 Å². The molecule has 0 aromatic heterocycles. The van der Waals surface area contributed by atoms with E-state index in [1.165, 1.54) is 12.1 Å². The molecule has 98 valence electrons. The van der Waals surface area contributed by atoms with Gasteiger partial charge >= 0.3 is 0 Å². The molecule has 1 rings (SSSR count). The van der Waals surface area contributed by atoms with Crippen molar-refractivity contribution in [3.05, 3.63) is 39.9 Å². The van der Waals surface area contributed by atoms with Gasteiger partial charge in [-0.2, -0.15) is 0 Å². The Balaban J connectivity index is 2.98. The number of nitro benzene ring substituents is 1. The number of halogens is 1. The van der Waals surface area contributed by atoms with Crippen molar-refractivity contribution in [1.29, 1.82) is 0 Å². The molecule has 6 heteroatoms. The van der Waals surface area contributed by atoms with Crippen molar-refractivity contribution >= 4 is 27.5 Å². The molecule has 0 heterocycles. The SMILES string of the molecule is CCN(CCCBr)C(=O)c1ccccc1[N+](=O)[O-]. The number of carbonyl (C=O) groups excluding carboxylic acids is 1. The minimum atomic E-state index is -0.522. The molecular formula is C12H15BrN2O3. The predicted octanol–water partition coefficient (Wildman–Crippen LogP) is 2.84. The summed E-state index contributed by atoms with van der Waals surface area (Å²) in [5.41, 5.74) is 0.0127. The lowest BCUT2D eigenvalue weighted by atomic mass is 10.1. The highest BCUT2D eigenvalue weighted by Gasteiger charge is 2.22. The maximum atomic E-state index is 12.2. The number of amides is 1. The van der Waals surface area contributed by atoms with Gasteiger partial charge in [0, 0.05) is 24.5 Å². The summed E-state index contributed by atoms with van der Waals surface area (Å²) in [6.45, 7) is 2.99. The van der Waals surface area contributed by atoms with Crippen molar-refractivity contribution in [2.45, 2.75) is 13.3 Å².